The minimum Gasteiger partial charge on any atom is -0.345 e. The predicted molar refractivity (Wildman–Crippen MR) is 127 cm³/mol. The second kappa shape index (κ2) is 10.3. The Morgan fingerprint density at radius 3 is 2.12 bits per heavy atom. The van der Waals surface area contributed by atoms with Crippen LogP contribution in [0, 0.1) is 0 Å². The molecule has 2 aromatic carbocycles. The van der Waals surface area contributed by atoms with Crippen molar-refractivity contribution in [1.82, 2.24) is 14.5 Å². The van der Waals surface area contributed by atoms with Crippen LogP contribution in [0.5, 0.6) is 0 Å². The van der Waals surface area contributed by atoms with Crippen LogP contribution in [0.4, 0.5) is 0 Å². The first-order chi connectivity index (χ1) is 15.9. The molecule has 4 rings (SSSR count). The third-order valence-electron chi connectivity index (χ3n) is 5.60. The molecule has 1 N–H and O–H groups in total. The normalized spacial score (nSPS) is 15.7. The van der Waals surface area contributed by atoms with Gasteiger partial charge >= 0.3 is 0 Å². The van der Waals surface area contributed by atoms with Gasteiger partial charge in [0.15, 0.2) is 0 Å². The number of hydrogen-bond acceptors (Lipinski definition) is 5. The van der Waals surface area contributed by atoms with E-state index in [1.807, 2.05) is 36.4 Å². The van der Waals surface area contributed by atoms with E-state index in [2.05, 4.69) is 5.32 Å². The first-order valence-corrected chi connectivity index (χ1v) is 13.0. The summed E-state index contributed by atoms with van der Waals surface area (Å²) in [5.41, 5.74) is 1.37. The number of nitrogens with zero attached hydrogens (tertiary/aromatic N) is 2. The number of hydrogen-bond donors (Lipinski definition) is 1. The maximum Gasteiger partial charge on any atom is 0.252 e. The highest BCUT2D eigenvalue weighted by Gasteiger charge is 2.31. The summed E-state index contributed by atoms with van der Waals surface area (Å²) in [6.45, 7) is 1.13. The van der Waals surface area contributed by atoms with Gasteiger partial charge in [0.1, 0.15) is 4.21 Å². The van der Waals surface area contributed by atoms with E-state index >= 15 is 0 Å². The summed E-state index contributed by atoms with van der Waals surface area (Å²) in [5.74, 6) is -0.366. The van der Waals surface area contributed by atoms with Crippen LogP contribution in [0.1, 0.15) is 28.4 Å². The van der Waals surface area contributed by atoms with Gasteiger partial charge in [0.05, 0.1) is 12.5 Å². The van der Waals surface area contributed by atoms with E-state index in [0.717, 1.165) is 5.56 Å². The highest BCUT2D eigenvalue weighted by Crippen LogP contribution is 2.23. The zero-order valence-corrected chi connectivity index (χ0v) is 19.6. The molecule has 1 aliphatic rings. The third-order valence-corrected chi connectivity index (χ3v) is 8.87. The summed E-state index contributed by atoms with van der Waals surface area (Å²) in [6, 6.07) is 21.1. The summed E-state index contributed by atoms with van der Waals surface area (Å²) < 4.78 is 27.2. The largest absolute Gasteiger partial charge is 0.345 e. The van der Waals surface area contributed by atoms with Crippen molar-refractivity contribution in [1.29, 1.82) is 0 Å². The molecule has 1 fully saturated rings. The summed E-state index contributed by atoms with van der Waals surface area (Å²) in [4.78, 5) is 27.5. The van der Waals surface area contributed by atoms with Gasteiger partial charge in [-0.2, -0.15) is 4.31 Å². The van der Waals surface area contributed by atoms with Crippen molar-refractivity contribution in [3.8, 4) is 0 Å². The lowest BCUT2D eigenvalue weighted by atomic mass is 10.0. The number of nitrogens with one attached hydrogen (secondary N) is 1. The summed E-state index contributed by atoms with van der Waals surface area (Å²) >= 11 is 1.19. The fourth-order valence-corrected chi connectivity index (χ4v) is 6.35. The zero-order chi connectivity index (χ0) is 23.3. The standard InChI is InChI=1S/C24H25N3O4S2/c28-22(26-13-15-27(16-14-26)33(30,31)23-12-7-17-32-23)18-21(19-8-3-1-4-9-19)25-24(29)20-10-5-2-6-11-20/h1-12,17,21H,13-16,18H2,(H,25,29)/t21-/m0/s1. The number of carbonyl (C=O) groups is 2. The Morgan fingerprint density at radius 1 is 0.879 bits per heavy atom. The molecule has 2 amide bonds. The SMILES string of the molecule is O=C(N[C@@H](CC(=O)N1CCN(S(=O)(=O)c2cccs2)CC1)c1ccccc1)c1ccccc1. The molecule has 0 radical (unpaired) electrons. The maximum absolute atomic E-state index is 13.1. The van der Waals surface area contributed by atoms with Gasteiger partial charge in [0, 0.05) is 31.7 Å². The fourth-order valence-electron chi connectivity index (χ4n) is 3.79. The fraction of sp³-hybridized carbons (Fsp3) is 0.250. The van der Waals surface area contributed by atoms with E-state index in [1.165, 1.54) is 15.6 Å². The second-order valence-corrected chi connectivity index (χ2v) is 10.8. The zero-order valence-electron chi connectivity index (χ0n) is 18.0. The number of sulfonamides is 1. The average Bonchev–Trinajstić information content (AvgIpc) is 3.41. The highest BCUT2D eigenvalue weighted by atomic mass is 32.2. The van der Waals surface area contributed by atoms with Crippen LogP contribution < -0.4 is 5.32 Å². The number of rotatable bonds is 7. The lowest BCUT2D eigenvalue weighted by Crippen LogP contribution is -2.51. The van der Waals surface area contributed by atoms with Crippen LogP contribution in [-0.4, -0.2) is 55.6 Å². The average molecular weight is 484 g/mol. The van der Waals surface area contributed by atoms with Crippen LogP contribution in [0.2, 0.25) is 0 Å². The van der Waals surface area contributed by atoms with E-state index in [0.29, 0.717) is 22.9 Å². The summed E-state index contributed by atoms with van der Waals surface area (Å²) in [7, 11) is -3.52. The van der Waals surface area contributed by atoms with Crippen molar-refractivity contribution in [3.05, 3.63) is 89.3 Å². The number of carbonyl (C=O) groups excluding carboxylic acids is 2. The number of benzene rings is 2. The number of amides is 2. The third kappa shape index (κ3) is 5.50. The van der Waals surface area contributed by atoms with Crippen molar-refractivity contribution in [2.24, 2.45) is 0 Å². The Labute approximate surface area is 197 Å². The molecule has 7 nitrogen and oxygen atoms in total. The van der Waals surface area contributed by atoms with E-state index in [-0.39, 0.29) is 31.3 Å². The smallest absolute Gasteiger partial charge is 0.252 e. The molecule has 0 unspecified atom stereocenters. The van der Waals surface area contributed by atoms with E-state index in [9.17, 15) is 18.0 Å². The van der Waals surface area contributed by atoms with Gasteiger partial charge < -0.3 is 10.2 Å². The lowest BCUT2D eigenvalue weighted by molar-refractivity contribution is -0.132. The minimum atomic E-state index is -3.52. The Kier molecular flexibility index (Phi) is 7.22. The Morgan fingerprint density at radius 2 is 1.52 bits per heavy atom. The first-order valence-electron chi connectivity index (χ1n) is 10.7. The molecule has 1 saturated heterocycles. The predicted octanol–water partition coefficient (Wildman–Crippen LogP) is 3.14. The van der Waals surface area contributed by atoms with Gasteiger partial charge in [-0.05, 0) is 29.1 Å². The molecule has 172 valence electrons. The quantitative estimate of drug-likeness (QED) is 0.559. The molecule has 1 aromatic heterocycles. The van der Waals surface area contributed by atoms with Crippen molar-refractivity contribution in [2.75, 3.05) is 26.2 Å². The molecule has 0 saturated carbocycles. The van der Waals surface area contributed by atoms with E-state index < -0.39 is 16.1 Å². The van der Waals surface area contributed by atoms with Crippen molar-refractivity contribution in [2.45, 2.75) is 16.7 Å². The molecule has 0 spiro atoms. The molecule has 0 aliphatic carbocycles. The maximum atomic E-state index is 13.1. The van der Waals surface area contributed by atoms with Gasteiger partial charge in [0.25, 0.3) is 15.9 Å². The van der Waals surface area contributed by atoms with Gasteiger partial charge in [-0.15, -0.1) is 11.3 Å². The summed E-state index contributed by atoms with van der Waals surface area (Å²) in [6.07, 6.45) is 0.0975. The van der Waals surface area contributed by atoms with Crippen LogP contribution in [-0.2, 0) is 14.8 Å². The van der Waals surface area contributed by atoms with E-state index in [4.69, 9.17) is 0 Å². The molecule has 33 heavy (non-hydrogen) atoms. The molecule has 1 aliphatic heterocycles. The molecule has 2 heterocycles. The minimum absolute atomic E-state index is 0.0975. The topological polar surface area (TPSA) is 86.8 Å². The monoisotopic (exact) mass is 483 g/mol. The highest BCUT2D eigenvalue weighted by molar-refractivity contribution is 7.91. The molecule has 0 bridgehead atoms. The van der Waals surface area contributed by atoms with Crippen molar-refractivity contribution in [3.63, 3.8) is 0 Å². The van der Waals surface area contributed by atoms with Crippen molar-refractivity contribution >= 4 is 33.2 Å². The molecule has 3 aromatic rings. The van der Waals surface area contributed by atoms with Crippen molar-refractivity contribution < 1.29 is 18.0 Å². The molecular weight excluding hydrogens is 458 g/mol. The van der Waals surface area contributed by atoms with Gasteiger partial charge in [-0.1, -0.05) is 54.6 Å². The van der Waals surface area contributed by atoms with Crippen LogP contribution in [0.3, 0.4) is 0 Å². The molecule has 9 heteroatoms. The number of thiophene rings is 1. The Balaban J connectivity index is 1.42. The van der Waals surface area contributed by atoms with Crippen LogP contribution in [0.15, 0.2) is 82.4 Å². The lowest BCUT2D eigenvalue weighted by Gasteiger charge is -2.34. The Hall–Kier alpha value is -3.01. The van der Waals surface area contributed by atoms with Gasteiger partial charge in [-0.25, -0.2) is 8.42 Å². The van der Waals surface area contributed by atoms with Gasteiger partial charge in [0.2, 0.25) is 5.91 Å². The number of piperazine rings is 1. The van der Waals surface area contributed by atoms with Gasteiger partial charge in [-0.3, -0.25) is 9.59 Å². The van der Waals surface area contributed by atoms with E-state index in [1.54, 1.807) is 46.7 Å². The summed E-state index contributed by atoms with van der Waals surface area (Å²) in [5, 5.41) is 4.72. The van der Waals surface area contributed by atoms with Crippen LogP contribution in [0.25, 0.3) is 0 Å². The first kappa shape index (κ1) is 23.2. The molecule has 1 atom stereocenters. The Bertz CT molecular complexity index is 1170. The van der Waals surface area contributed by atoms with Crippen LogP contribution >= 0.6 is 11.3 Å². The second-order valence-electron chi connectivity index (χ2n) is 7.72. The molecular formula is C24H25N3O4S2.